The van der Waals surface area contributed by atoms with Gasteiger partial charge < -0.3 is 10.4 Å². The van der Waals surface area contributed by atoms with Gasteiger partial charge in [-0.25, -0.2) is 0 Å². The lowest BCUT2D eigenvalue weighted by Crippen LogP contribution is -2.44. The normalized spacial score (nSPS) is 28.7. The fourth-order valence-electron chi connectivity index (χ4n) is 4.54. The second-order valence-corrected chi connectivity index (χ2v) is 6.96. The summed E-state index contributed by atoms with van der Waals surface area (Å²) in [6.07, 6.45) is 8.72. The summed E-state index contributed by atoms with van der Waals surface area (Å²) >= 11 is 0. The van der Waals surface area contributed by atoms with Gasteiger partial charge in [0, 0.05) is 36.2 Å². The molecule has 4 rings (SSSR count). The molecule has 0 saturated heterocycles. The van der Waals surface area contributed by atoms with Crippen LogP contribution in [0.3, 0.4) is 0 Å². The predicted octanol–water partition coefficient (Wildman–Crippen LogP) is 2.77. The molecule has 2 bridgehead atoms. The Balaban J connectivity index is 1.48. The molecule has 4 heteroatoms. The second kappa shape index (κ2) is 6.36. The summed E-state index contributed by atoms with van der Waals surface area (Å²) in [5.74, 6) is 1.26. The molecule has 1 aromatic heterocycles. The molecule has 1 amide bonds. The molecule has 2 aliphatic carbocycles. The van der Waals surface area contributed by atoms with Crippen LogP contribution in [0.5, 0.6) is 0 Å². The molecule has 0 aliphatic heterocycles. The SMILES string of the molecule is O=C(/C=C/c1ccnc2ccccc12)NC1C2CCC(C2)C1CO. The van der Waals surface area contributed by atoms with Crippen molar-refractivity contribution in [3.05, 3.63) is 48.2 Å². The van der Waals surface area contributed by atoms with Crippen molar-refractivity contribution in [3.63, 3.8) is 0 Å². The minimum Gasteiger partial charge on any atom is -0.396 e. The maximum atomic E-state index is 12.4. The van der Waals surface area contributed by atoms with E-state index in [4.69, 9.17) is 0 Å². The van der Waals surface area contributed by atoms with Crippen LogP contribution in [-0.2, 0) is 4.79 Å². The largest absolute Gasteiger partial charge is 0.396 e. The maximum Gasteiger partial charge on any atom is 0.244 e. The number of aliphatic hydroxyl groups excluding tert-OH is 1. The zero-order valence-electron chi connectivity index (χ0n) is 13.6. The highest BCUT2D eigenvalue weighted by molar-refractivity contribution is 5.95. The third kappa shape index (κ3) is 2.71. The number of carbonyl (C=O) groups excluding carboxylic acids is 1. The predicted molar refractivity (Wildman–Crippen MR) is 94.1 cm³/mol. The second-order valence-electron chi connectivity index (χ2n) is 6.96. The Morgan fingerprint density at radius 2 is 2.08 bits per heavy atom. The van der Waals surface area contributed by atoms with Crippen LogP contribution in [0, 0.1) is 17.8 Å². The summed E-state index contributed by atoms with van der Waals surface area (Å²) < 4.78 is 0. The molecule has 4 nitrogen and oxygen atoms in total. The van der Waals surface area contributed by atoms with Gasteiger partial charge >= 0.3 is 0 Å². The number of pyridine rings is 1. The zero-order chi connectivity index (χ0) is 16.5. The van der Waals surface area contributed by atoms with E-state index in [0.717, 1.165) is 22.9 Å². The molecule has 4 unspecified atom stereocenters. The van der Waals surface area contributed by atoms with E-state index in [0.29, 0.717) is 11.8 Å². The zero-order valence-corrected chi connectivity index (χ0v) is 13.6. The van der Waals surface area contributed by atoms with Crippen molar-refractivity contribution in [3.8, 4) is 0 Å². The Bertz CT molecular complexity index is 781. The molecule has 0 radical (unpaired) electrons. The van der Waals surface area contributed by atoms with Crippen LogP contribution in [0.15, 0.2) is 42.6 Å². The van der Waals surface area contributed by atoms with Crippen LogP contribution in [0.1, 0.15) is 24.8 Å². The van der Waals surface area contributed by atoms with Gasteiger partial charge in [0.2, 0.25) is 5.91 Å². The summed E-state index contributed by atoms with van der Waals surface area (Å²) in [5.41, 5.74) is 1.91. The van der Waals surface area contributed by atoms with E-state index in [9.17, 15) is 9.90 Å². The molecule has 24 heavy (non-hydrogen) atoms. The number of para-hydroxylation sites is 1. The monoisotopic (exact) mass is 322 g/mol. The van der Waals surface area contributed by atoms with Crippen molar-refractivity contribution in [2.24, 2.45) is 17.8 Å². The van der Waals surface area contributed by atoms with Crippen molar-refractivity contribution in [2.75, 3.05) is 6.61 Å². The van der Waals surface area contributed by atoms with Gasteiger partial charge in [0.25, 0.3) is 0 Å². The smallest absolute Gasteiger partial charge is 0.244 e. The van der Waals surface area contributed by atoms with Crippen molar-refractivity contribution in [1.82, 2.24) is 10.3 Å². The third-order valence-corrected chi connectivity index (χ3v) is 5.71. The average molecular weight is 322 g/mol. The Labute approximate surface area is 141 Å². The van der Waals surface area contributed by atoms with Gasteiger partial charge in [-0.2, -0.15) is 0 Å². The number of hydrogen-bond donors (Lipinski definition) is 2. The molecule has 1 aromatic carbocycles. The average Bonchev–Trinajstić information content (AvgIpc) is 3.21. The molecule has 4 atom stereocenters. The van der Waals surface area contributed by atoms with Crippen LogP contribution in [-0.4, -0.2) is 28.6 Å². The van der Waals surface area contributed by atoms with E-state index in [1.807, 2.05) is 36.4 Å². The highest BCUT2D eigenvalue weighted by Gasteiger charge is 2.47. The van der Waals surface area contributed by atoms with E-state index in [2.05, 4.69) is 10.3 Å². The number of carbonyl (C=O) groups is 1. The summed E-state index contributed by atoms with van der Waals surface area (Å²) in [7, 11) is 0. The van der Waals surface area contributed by atoms with Gasteiger partial charge in [-0.1, -0.05) is 18.2 Å². The van der Waals surface area contributed by atoms with Crippen molar-refractivity contribution in [2.45, 2.75) is 25.3 Å². The van der Waals surface area contributed by atoms with Gasteiger partial charge in [-0.05, 0) is 54.9 Å². The Kier molecular flexibility index (Phi) is 4.07. The van der Waals surface area contributed by atoms with Crippen LogP contribution in [0.25, 0.3) is 17.0 Å². The molecule has 2 fully saturated rings. The van der Waals surface area contributed by atoms with E-state index >= 15 is 0 Å². The first-order chi connectivity index (χ1) is 11.8. The van der Waals surface area contributed by atoms with Gasteiger partial charge in [0.05, 0.1) is 5.52 Å². The summed E-state index contributed by atoms with van der Waals surface area (Å²) in [5, 5.41) is 13.8. The first-order valence-electron chi connectivity index (χ1n) is 8.69. The van der Waals surface area contributed by atoms with E-state index < -0.39 is 0 Å². The van der Waals surface area contributed by atoms with E-state index in [1.165, 1.54) is 12.8 Å². The fraction of sp³-hybridized carbons (Fsp3) is 0.400. The highest BCUT2D eigenvalue weighted by atomic mass is 16.3. The standard InChI is InChI=1S/C20H22N2O2/c23-12-17-14-5-6-15(11-14)20(17)22-19(24)8-7-13-9-10-21-18-4-2-1-3-16(13)18/h1-4,7-10,14-15,17,20,23H,5-6,11-12H2,(H,22,24)/b8-7+. The molecule has 2 saturated carbocycles. The number of amides is 1. The minimum atomic E-state index is -0.0770. The van der Waals surface area contributed by atoms with Crippen molar-refractivity contribution >= 4 is 22.9 Å². The Hall–Kier alpha value is -2.20. The molecular formula is C20H22N2O2. The van der Waals surface area contributed by atoms with E-state index in [-0.39, 0.29) is 24.5 Å². The molecule has 0 spiro atoms. The lowest BCUT2D eigenvalue weighted by molar-refractivity contribution is -0.117. The van der Waals surface area contributed by atoms with Gasteiger partial charge in [-0.15, -0.1) is 0 Å². The topological polar surface area (TPSA) is 62.2 Å². The molecule has 2 aliphatic rings. The first-order valence-corrected chi connectivity index (χ1v) is 8.69. The number of fused-ring (bicyclic) bond motifs is 3. The molecule has 1 heterocycles. The quantitative estimate of drug-likeness (QED) is 0.851. The number of benzene rings is 1. The van der Waals surface area contributed by atoms with Crippen LogP contribution < -0.4 is 5.32 Å². The third-order valence-electron chi connectivity index (χ3n) is 5.71. The lowest BCUT2D eigenvalue weighted by atomic mass is 9.85. The molecule has 2 aromatic rings. The van der Waals surface area contributed by atoms with Crippen molar-refractivity contribution in [1.29, 1.82) is 0 Å². The number of rotatable bonds is 4. The Morgan fingerprint density at radius 1 is 1.25 bits per heavy atom. The van der Waals surface area contributed by atoms with E-state index in [1.54, 1.807) is 12.3 Å². The van der Waals surface area contributed by atoms with Gasteiger partial charge in [0.15, 0.2) is 0 Å². The maximum absolute atomic E-state index is 12.4. The number of aliphatic hydroxyl groups is 1. The highest BCUT2D eigenvalue weighted by Crippen LogP contribution is 2.48. The minimum absolute atomic E-state index is 0.0770. The van der Waals surface area contributed by atoms with Gasteiger partial charge in [-0.3, -0.25) is 9.78 Å². The summed E-state index contributed by atoms with van der Waals surface area (Å²) in [6, 6.07) is 9.95. The van der Waals surface area contributed by atoms with Crippen LogP contribution in [0.4, 0.5) is 0 Å². The molecular weight excluding hydrogens is 300 g/mol. The Morgan fingerprint density at radius 3 is 2.96 bits per heavy atom. The van der Waals surface area contributed by atoms with Gasteiger partial charge in [0.1, 0.15) is 0 Å². The summed E-state index contributed by atoms with van der Waals surface area (Å²) in [4.78, 5) is 16.7. The lowest BCUT2D eigenvalue weighted by Gasteiger charge is -2.30. The molecule has 124 valence electrons. The first kappa shape index (κ1) is 15.3. The van der Waals surface area contributed by atoms with Crippen molar-refractivity contribution < 1.29 is 9.90 Å². The van der Waals surface area contributed by atoms with Crippen LogP contribution >= 0.6 is 0 Å². The summed E-state index contributed by atoms with van der Waals surface area (Å²) in [6.45, 7) is 0.171. The number of nitrogens with one attached hydrogen (secondary N) is 1. The number of nitrogens with zero attached hydrogens (tertiary/aromatic N) is 1. The fourth-order valence-corrected chi connectivity index (χ4v) is 4.54. The molecule has 2 N–H and O–H groups in total. The number of aromatic nitrogens is 1. The van der Waals surface area contributed by atoms with Crippen LogP contribution in [0.2, 0.25) is 0 Å². The number of hydrogen-bond acceptors (Lipinski definition) is 3.